The molecule has 1 aromatic carbocycles. The molecule has 0 bridgehead atoms. The van der Waals surface area contributed by atoms with Gasteiger partial charge in [0.05, 0.1) is 9.98 Å². The first kappa shape index (κ1) is 13.6. The van der Waals surface area contributed by atoms with Gasteiger partial charge in [-0.25, -0.2) is 4.98 Å². The number of thiazole rings is 1. The summed E-state index contributed by atoms with van der Waals surface area (Å²) in [5.74, 6) is 0.844. The van der Waals surface area contributed by atoms with Gasteiger partial charge in [0.2, 0.25) is 0 Å². The second-order valence-corrected chi connectivity index (χ2v) is 6.51. The standard InChI is InChI=1S/C14H16BrNOS/c1-2-3-4-5-11-6-8-12(9-7-11)17-14-16-10-13(15)18-14/h6-10H,2-5H2,1H3. The molecule has 0 amide bonds. The summed E-state index contributed by atoms with van der Waals surface area (Å²) in [6, 6.07) is 8.29. The first-order valence-corrected chi connectivity index (χ1v) is 7.77. The zero-order chi connectivity index (χ0) is 12.8. The fourth-order valence-corrected chi connectivity index (χ4v) is 2.72. The van der Waals surface area contributed by atoms with Gasteiger partial charge in [-0.1, -0.05) is 43.2 Å². The zero-order valence-corrected chi connectivity index (χ0v) is 12.8. The van der Waals surface area contributed by atoms with Crippen molar-refractivity contribution in [3.63, 3.8) is 0 Å². The van der Waals surface area contributed by atoms with Crippen molar-refractivity contribution >= 4 is 27.3 Å². The summed E-state index contributed by atoms with van der Waals surface area (Å²) in [7, 11) is 0. The molecule has 1 aromatic heterocycles. The Bertz CT molecular complexity index is 481. The Morgan fingerprint density at radius 3 is 2.61 bits per heavy atom. The minimum Gasteiger partial charge on any atom is -0.431 e. The molecular formula is C14H16BrNOS. The lowest BCUT2D eigenvalue weighted by Gasteiger charge is -2.04. The first-order valence-electron chi connectivity index (χ1n) is 6.16. The summed E-state index contributed by atoms with van der Waals surface area (Å²) < 4.78 is 6.64. The van der Waals surface area contributed by atoms with Crippen LogP contribution in [0.4, 0.5) is 0 Å². The van der Waals surface area contributed by atoms with Crippen LogP contribution in [-0.2, 0) is 6.42 Å². The fourth-order valence-electron chi connectivity index (χ4n) is 1.69. The van der Waals surface area contributed by atoms with Crippen LogP contribution >= 0.6 is 27.3 Å². The number of nitrogens with zero attached hydrogens (tertiary/aromatic N) is 1. The molecule has 0 saturated heterocycles. The average molecular weight is 326 g/mol. The van der Waals surface area contributed by atoms with Crippen LogP contribution in [-0.4, -0.2) is 4.98 Å². The van der Waals surface area contributed by atoms with Crippen LogP contribution in [0.25, 0.3) is 0 Å². The Balaban J connectivity index is 1.91. The number of benzene rings is 1. The van der Waals surface area contributed by atoms with Crippen LogP contribution < -0.4 is 4.74 Å². The number of rotatable bonds is 6. The number of hydrogen-bond donors (Lipinski definition) is 0. The molecule has 0 atom stereocenters. The van der Waals surface area contributed by atoms with Crippen molar-refractivity contribution < 1.29 is 4.74 Å². The van der Waals surface area contributed by atoms with E-state index in [-0.39, 0.29) is 0 Å². The molecule has 0 unspecified atom stereocenters. The third kappa shape index (κ3) is 4.10. The average Bonchev–Trinajstić information content (AvgIpc) is 2.77. The second kappa shape index (κ2) is 6.90. The number of halogens is 1. The van der Waals surface area contributed by atoms with Crippen LogP contribution in [0.15, 0.2) is 34.2 Å². The predicted octanol–water partition coefficient (Wildman–Crippen LogP) is 5.43. The summed E-state index contributed by atoms with van der Waals surface area (Å²) in [4.78, 5) is 4.14. The fraction of sp³-hybridized carbons (Fsp3) is 0.357. The molecule has 0 aliphatic carbocycles. The molecule has 0 saturated carbocycles. The first-order chi connectivity index (χ1) is 8.78. The van der Waals surface area contributed by atoms with Crippen molar-refractivity contribution in [1.82, 2.24) is 4.98 Å². The van der Waals surface area contributed by atoms with Crippen LogP contribution in [0.2, 0.25) is 0 Å². The maximum absolute atomic E-state index is 5.66. The zero-order valence-electron chi connectivity index (χ0n) is 10.4. The molecule has 4 heteroatoms. The molecule has 1 heterocycles. The van der Waals surface area contributed by atoms with Crippen molar-refractivity contribution in [2.45, 2.75) is 32.6 Å². The Morgan fingerprint density at radius 2 is 2.00 bits per heavy atom. The smallest absolute Gasteiger partial charge is 0.279 e. The number of aryl methyl sites for hydroxylation is 1. The molecule has 2 rings (SSSR count). The van der Waals surface area contributed by atoms with E-state index in [1.165, 1.54) is 36.2 Å². The lowest BCUT2D eigenvalue weighted by Crippen LogP contribution is -1.87. The van der Waals surface area contributed by atoms with E-state index in [1.807, 2.05) is 12.1 Å². The molecule has 0 N–H and O–H groups in total. The molecule has 0 aliphatic heterocycles. The van der Waals surface area contributed by atoms with Gasteiger partial charge in [-0.2, -0.15) is 0 Å². The highest BCUT2D eigenvalue weighted by molar-refractivity contribution is 9.11. The summed E-state index contributed by atoms with van der Waals surface area (Å²) in [5, 5.41) is 0.667. The maximum Gasteiger partial charge on any atom is 0.279 e. The van der Waals surface area contributed by atoms with Crippen molar-refractivity contribution in [3.05, 3.63) is 39.8 Å². The van der Waals surface area contributed by atoms with Gasteiger partial charge < -0.3 is 4.74 Å². The van der Waals surface area contributed by atoms with Gasteiger partial charge >= 0.3 is 0 Å². The number of unbranched alkanes of at least 4 members (excludes halogenated alkanes) is 2. The van der Waals surface area contributed by atoms with E-state index in [0.717, 1.165) is 16.0 Å². The van der Waals surface area contributed by atoms with Gasteiger partial charge in [-0.3, -0.25) is 0 Å². The van der Waals surface area contributed by atoms with Gasteiger partial charge in [0, 0.05) is 0 Å². The third-order valence-electron chi connectivity index (χ3n) is 2.65. The van der Waals surface area contributed by atoms with E-state index >= 15 is 0 Å². The predicted molar refractivity (Wildman–Crippen MR) is 79.6 cm³/mol. The van der Waals surface area contributed by atoms with E-state index in [1.54, 1.807) is 6.20 Å². The van der Waals surface area contributed by atoms with Crippen molar-refractivity contribution in [2.75, 3.05) is 0 Å². The van der Waals surface area contributed by atoms with E-state index in [0.29, 0.717) is 5.19 Å². The SMILES string of the molecule is CCCCCc1ccc(Oc2ncc(Br)s2)cc1. The van der Waals surface area contributed by atoms with Crippen LogP contribution in [0.1, 0.15) is 31.7 Å². The highest BCUT2D eigenvalue weighted by Crippen LogP contribution is 2.29. The van der Waals surface area contributed by atoms with Gasteiger partial charge in [0.1, 0.15) is 5.75 Å². The highest BCUT2D eigenvalue weighted by atomic mass is 79.9. The molecule has 0 aliphatic rings. The summed E-state index contributed by atoms with van der Waals surface area (Å²) in [6.45, 7) is 2.23. The molecular weight excluding hydrogens is 310 g/mol. The summed E-state index contributed by atoms with van der Waals surface area (Å²) in [6.07, 6.45) is 6.72. The van der Waals surface area contributed by atoms with Crippen molar-refractivity contribution in [3.8, 4) is 10.9 Å². The Kier molecular flexibility index (Phi) is 5.20. The molecule has 18 heavy (non-hydrogen) atoms. The minimum absolute atomic E-state index is 0.667. The van der Waals surface area contributed by atoms with Crippen molar-refractivity contribution in [1.29, 1.82) is 0 Å². The van der Waals surface area contributed by atoms with E-state index in [4.69, 9.17) is 4.74 Å². The lowest BCUT2D eigenvalue weighted by atomic mass is 10.1. The monoisotopic (exact) mass is 325 g/mol. The lowest BCUT2D eigenvalue weighted by molar-refractivity contribution is 0.478. The third-order valence-corrected chi connectivity index (χ3v) is 4.01. The van der Waals surface area contributed by atoms with Crippen LogP contribution in [0, 0.1) is 0 Å². The molecule has 96 valence electrons. The largest absolute Gasteiger partial charge is 0.431 e. The quantitative estimate of drug-likeness (QED) is 0.660. The topological polar surface area (TPSA) is 22.1 Å². The van der Waals surface area contributed by atoms with E-state index in [2.05, 4.69) is 40.0 Å². The van der Waals surface area contributed by atoms with Gasteiger partial charge in [-0.15, -0.1) is 0 Å². The second-order valence-electron chi connectivity index (χ2n) is 4.13. The van der Waals surface area contributed by atoms with Gasteiger partial charge in [0.15, 0.2) is 0 Å². The maximum atomic E-state index is 5.66. The van der Waals surface area contributed by atoms with Gasteiger partial charge in [0.25, 0.3) is 5.19 Å². The normalized spacial score (nSPS) is 10.6. The molecule has 0 fully saturated rings. The molecule has 0 spiro atoms. The Morgan fingerprint density at radius 1 is 1.22 bits per heavy atom. The van der Waals surface area contributed by atoms with Crippen molar-refractivity contribution in [2.24, 2.45) is 0 Å². The molecule has 2 aromatic rings. The summed E-state index contributed by atoms with van der Waals surface area (Å²) >= 11 is 4.86. The van der Waals surface area contributed by atoms with Crippen LogP contribution in [0.3, 0.4) is 0 Å². The Labute approximate surface area is 120 Å². The van der Waals surface area contributed by atoms with Crippen LogP contribution in [0.5, 0.6) is 10.9 Å². The van der Waals surface area contributed by atoms with E-state index in [9.17, 15) is 0 Å². The summed E-state index contributed by atoms with van der Waals surface area (Å²) in [5.41, 5.74) is 1.37. The minimum atomic E-state index is 0.667. The Hall–Kier alpha value is -0.870. The molecule has 0 radical (unpaired) electrons. The van der Waals surface area contributed by atoms with Gasteiger partial charge in [-0.05, 0) is 46.5 Å². The number of ether oxygens (including phenoxy) is 1. The number of hydrogen-bond acceptors (Lipinski definition) is 3. The number of aromatic nitrogens is 1. The highest BCUT2D eigenvalue weighted by Gasteiger charge is 2.02. The van der Waals surface area contributed by atoms with E-state index < -0.39 is 0 Å². The molecule has 2 nitrogen and oxygen atoms in total.